The SMILES string of the molecule is Cc1ccc(Cc2ccc(Cc3ccc(C(C)(C)C)cc3)cc2)cc1. The highest BCUT2D eigenvalue weighted by Crippen LogP contribution is 2.23. The highest BCUT2D eigenvalue weighted by Gasteiger charge is 2.12. The summed E-state index contributed by atoms with van der Waals surface area (Å²) in [7, 11) is 0. The summed E-state index contributed by atoms with van der Waals surface area (Å²) in [6.45, 7) is 8.91. The molecule has 0 saturated heterocycles. The highest BCUT2D eigenvalue weighted by molar-refractivity contribution is 5.34. The van der Waals surface area contributed by atoms with Gasteiger partial charge in [0.25, 0.3) is 0 Å². The van der Waals surface area contributed by atoms with E-state index in [2.05, 4.69) is 100 Å². The van der Waals surface area contributed by atoms with Gasteiger partial charge in [-0.1, -0.05) is 99.1 Å². The van der Waals surface area contributed by atoms with E-state index >= 15 is 0 Å². The standard InChI is InChI=1S/C25H28/c1-19-5-7-20(8-6-19)17-21-9-11-22(12-10-21)18-23-13-15-24(16-14-23)25(2,3)4/h5-16H,17-18H2,1-4H3. The molecule has 0 atom stereocenters. The van der Waals surface area contributed by atoms with Crippen LogP contribution in [0.2, 0.25) is 0 Å². The Bertz CT molecular complexity index is 798. The average molecular weight is 328 g/mol. The summed E-state index contributed by atoms with van der Waals surface area (Å²) < 4.78 is 0. The first-order valence-corrected chi connectivity index (χ1v) is 9.13. The van der Waals surface area contributed by atoms with Crippen LogP contribution in [0.4, 0.5) is 0 Å². The Labute approximate surface area is 152 Å². The van der Waals surface area contributed by atoms with Crippen molar-refractivity contribution in [1.82, 2.24) is 0 Å². The van der Waals surface area contributed by atoms with Crippen molar-refractivity contribution in [2.45, 2.75) is 46.0 Å². The predicted molar refractivity (Wildman–Crippen MR) is 108 cm³/mol. The van der Waals surface area contributed by atoms with E-state index in [0.29, 0.717) is 0 Å². The van der Waals surface area contributed by atoms with Crippen LogP contribution in [0.5, 0.6) is 0 Å². The van der Waals surface area contributed by atoms with Crippen LogP contribution in [-0.2, 0) is 18.3 Å². The van der Waals surface area contributed by atoms with Crippen molar-refractivity contribution in [2.24, 2.45) is 0 Å². The molecule has 25 heavy (non-hydrogen) atoms. The number of benzene rings is 3. The number of rotatable bonds is 4. The highest BCUT2D eigenvalue weighted by atomic mass is 14.2. The summed E-state index contributed by atoms with van der Waals surface area (Å²) in [6.07, 6.45) is 2.00. The summed E-state index contributed by atoms with van der Waals surface area (Å²) in [6, 6.07) is 26.9. The van der Waals surface area contributed by atoms with Gasteiger partial charge in [0.2, 0.25) is 0 Å². The topological polar surface area (TPSA) is 0 Å². The monoisotopic (exact) mass is 328 g/mol. The van der Waals surface area contributed by atoms with Gasteiger partial charge in [0, 0.05) is 0 Å². The summed E-state index contributed by atoms with van der Waals surface area (Å²) in [5.74, 6) is 0. The molecule has 0 fully saturated rings. The van der Waals surface area contributed by atoms with Crippen LogP contribution in [0, 0.1) is 6.92 Å². The normalized spacial score (nSPS) is 11.5. The molecule has 0 heteroatoms. The third kappa shape index (κ3) is 4.82. The lowest BCUT2D eigenvalue weighted by Gasteiger charge is -2.19. The van der Waals surface area contributed by atoms with Gasteiger partial charge < -0.3 is 0 Å². The van der Waals surface area contributed by atoms with E-state index in [4.69, 9.17) is 0 Å². The van der Waals surface area contributed by atoms with E-state index < -0.39 is 0 Å². The Hall–Kier alpha value is -2.34. The van der Waals surface area contributed by atoms with Gasteiger partial charge in [-0.05, 0) is 53.0 Å². The van der Waals surface area contributed by atoms with E-state index in [1.54, 1.807) is 0 Å². The summed E-state index contributed by atoms with van der Waals surface area (Å²) >= 11 is 0. The lowest BCUT2D eigenvalue weighted by atomic mass is 9.86. The molecule has 0 N–H and O–H groups in total. The molecular weight excluding hydrogens is 300 g/mol. The van der Waals surface area contributed by atoms with Crippen molar-refractivity contribution < 1.29 is 0 Å². The van der Waals surface area contributed by atoms with Crippen molar-refractivity contribution in [1.29, 1.82) is 0 Å². The van der Waals surface area contributed by atoms with Crippen LogP contribution in [0.3, 0.4) is 0 Å². The fourth-order valence-corrected chi connectivity index (χ4v) is 3.07. The van der Waals surface area contributed by atoms with Crippen molar-refractivity contribution in [3.05, 3.63) is 106 Å². The number of aryl methyl sites for hydroxylation is 1. The lowest BCUT2D eigenvalue weighted by molar-refractivity contribution is 0.590. The quantitative estimate of drug-likeness (QED) is 0.514. The molecule has 0 aromatic heterocycles. The van der Waals surface area contributed by atoms with Crippen LogP contribution in [0.1, 0.15) is 54.2 Å². The molecule has 128 valence electrons. The van der Waals surface area contributed by atoms with Crippen molar-refractivity contribution in [2.75, 3.05) is 0 Å². The van der Waals surface area contributed by atoms with Gasteiger partial charge in [0.1, 0.15) is 0 Å². The van der Waals surface area contributed by atoms with Crippen LogP contribution < -0.4 is 0 Å². The molecule has 0 radical (unpaired) electrons. The molecular formula is C25H28. The molecule has 0 aliphatic heterocycles. The van der Waals surface area contributed by atoms with E-state index in [-0.39, 0.29) is 5.41 Å². The second-order valence-electron chi connectivity index (χ2n) is 8.10. The lowest BCUT2D eigenvalue weighted by Crippen LogP contribution is -2.10. The van der Waals surface area contributed by atoms with Crippen LogP contribution in [-0.4, -0.2) is 0 Å². The largest absolute Gasteiger partial charge is 0.0590 e. The van der Waals surface area contributed by atoms with Crippen LogP contribution in [0.25, 0.3) is 0 Å². The van der Waals surface area contributed by atoms with E-state index in [0.717, 1.165) is 12.8 Å². The predicted octanol–water partition coefficient (Wildman–Crippen LogP) is 6.47. The Morgan fingerprint density at radius 3 is 1.20 bits per heavy atom. The fraction of sp³-hybridized carbons (Fsp3) is 0.280. The fourth-order valence-electron chi connectivity index (χ4n) is 3.07. The number of hydrogen-bond donors (Lipinski definition) is 0. The third-order valence-electron chi connectivity index (χ3n) is 4.78. The Balaban J connectivity index is 1.65. The molecule has 0 aliphatic rings. The second-order valence-corrected chi connectivity index (χ2v) is 8.10. The van der Waals surface area contributed by atoms with Gasteiger partial charge in [-0.3, -0.25) is 0 Å². The van der Waals surface area contributed by atoms with Gasteiger partial charge in [0.05, 0.1) is 0 Å². The molecule has 0 nitrogen and oxygen atoms in total. The first-order valence-electron chi connectivity index (χ1n) is 9.13. The maximum atomic E-state index is 2.27. The Morgan fingerprint density at radius 1 is 0.520 bits per heavy atom. The van der Waals surface area contributed by atoms with Crippen LogP contribution in [0.15, 0.2) is 72.8 Å². The zero-order valence-corrected chi connectivity index (χ0v) is 15.8. The maximum Gasteiger partial charge on any atom is -0.00258 e. The smallest absolute Gasteiger partial charge is 0.00258 e. The van der Waals surface area contributed by atoms with Gasteiger partial charge in [-0.15, -0.1) is 0 Å². The van der Waals surface area contributed by atoms with Gasteiger partial charge in [0.15, 0.2) is 0 Å². The molecule has 3 aromatic carbocycles. The minimum Gasteiger partial charge on any atom is -0.0590 e. The Kier molecular flexibility index (Phi) is 5.08. The van der Waals surface area contributed by atoms with E-state index in [1.807, 2.05) is 0 Å². The molecule has 0 amide bonds. The molecule has 0 unspecified atom stereocenters. The third-order valence-corrected chi connectivity index (χ3v) is 4.78. The molecule has 0 spiro atoms. The minimum absolute atomic E-state index is 0.218. The molecule has 3 rings (SSSR count). The summed E-state index contributed by atoms with van der Waals surface area (Å²) in [5, 5.41) is 0. The average Bonchev–Trinajstić information content (AvgIpc) is 2.58. The number of hydrogen-bond acceptors (Lipinski definition) is 0. The zero-order chi connectivity index (χ0) is 17.9. The van der Waals surface area contributed by atoms with E-state index in [1.165, 1.54) is 33.4 Å². The van der Waals surface area contributed by atoms with Crippen molar-refractivity contribution >= 4 is 0 Å². The zero-order valence-electron chi connectivity index (χ0n) is 15.8. The first kappa shape index (κ1) is 17.5. The molecule has 0 bridgehead atoms. The minimum atomic E-state index is 0.218. The first-order chi connectivity index (χ1) is 11.9. The molecule has 0 saturated carbocycles. The molecule has 3 aromatic rings. The summed E-state index contributed by atoms with van der Waals surface area (Å²) in [4.78, 5) is 0. The van der Waals surface area contributed by atoms with E-state index in [9.17, 15) is 0 Å². The van der Waals surface area contributed by atoms with Gasteiger partial charge in [-0.25, -0.2) is 0 Å². The van der Waals surface area contributed by atoms with Crippen molar-refractivity contribution in [3.8, 4) is 0 Å². The maximum absolute atomic E-state index is 2.27. The Morgan fingerprint density at radius 2 is 0.840 bits per heavy atom. The molecule has 0 heterocycles. The second kappa shape index (κ2) is 7.27. The molecule has 0 aliphatic carbocycles. The van der Waals surface area contributed by atoms with Gasteiger partial charge >= 0.3 is 0 Å². The van der Waals surface area contributed by atoms with Crippen LogP contribution >= 0.6 is 0 Å². The van der Waals surface area contributed by atoms with Gasteiger partial charge in [-0.2, -0.15) is 0 Å². The van der Waals surface area contributed by atoms with Crippen molar-refractivity contribution in [3.63, 3.8) is 0 Å². The summed E-state index contributed by atoms with van der Waals surface area (Å²) in [5.41, 5.74) is 8.42.